The highest BCUT2D eigenvalue weighted by molar-refractivity contribution is 6.27. The molecule has 1 aromatic heterocycles. The average molecular weight is 409 g/mol. The predicted octanol–water partition coefficient (Wildman–Crippen LogP) is 3.28. The van der Waals surface area contributed by atoms with Crippen molar-refractivity contribution in [1.29, 1.82) is 0 Å². The normalized spacial score (nSPS) is 11.0. The van der Waals surface area contributed by atoms with Crippen LogP contribution < -0.4 is 4.74 Å². The van der Waals surface area contributed by atoms with Gasteiger partial charge in [-0.1, -0.05) is 48.5 Å². The Kier molecular flexibility index (Phi) is 9.02. The molecule has 156 valence electrons. The number of hydrogen-bond donors (Lipinski definition) is 3. The number of carbonyl (C=O) groups is 2. The van der Waals surface area contributed by atoms with E-state index in [0.29, 0.717) is 13.0 Å². The summed E-state index contributed by atoms with van der Waals surface area (Å²) in [6.45, 7) is 0.290. The van der Waals surface area contributed by atoms with Crippen molar-refractivity contribution in [3.8, 4) is 16.9 Å². The maximum Gasteiger partial charge on any atom is 0.414 e. The first kappa shape index (κ1) is 22.6. The monoisotopic (exact) mass is 409 g/mol. The third kappa shape index (κ3) is 8.12. The Morgan fingerprint density at radius 2 is 1.60 bits per heavy atom. The van der Waals surface area contributed by atoms with Crippen LogP contribution >= 0.6 is 0 Å². The molecular formula is C23H23NO6. The van der Waals surface area contributed by atoms with Crippen molar-refractivity contribution in [2.45, 2.75) is 18.9 Å². The standard InChI is InChI=1S/C21H21NO2.C2H2O4/c23-20(12-11-17-6-5-13-22-15-17)16-24-21-10-4-9-19(14-21)18-7-2-1-3-8-18;3-1(4)2(5)6/h1-10,13-15,20,23H,11-12,16H2;(H,3,4)(H,5,6). The fourth-order valence-corrected chi connectivity index (χ4v) is 2.55. The van der Waals surface area contributed by atoms with Crippen LogP contribution in [0.1, 0.15) is 12.0 Å². The van der Waals surface area contributed by atoms with Gasteiger partial charge in [0.05, 0.1) is 6.10 Å². The summed E-state index contributed by atoms with van der Waals surface area (Å²) in [6.07, 6.45) is 4.54. The maximum atomic E-state index is 10.1. The molecule has 7 heteroatoms. The van der Waals surface area contributed by atoms with E-state index in [-0.39, 0.29) is 0 Å². The topological polar surface area (TPSA) is 117 Å². The van der Waals surface area contributed by atoms with Crippen LogP contribution in [0.25, 0.3) is 11.1 Å². The molecule has 3 N–H and O–H groups in total. The molecule has 30 heavy (non-hydrogen) atoms. The first-order valence-corrected chi connectivity index (χ1v) is 9.27. The summed E-state index contributed by atoms with van der Waals surface area (Å²) in [5.74, 6) is -2.87. The van der Waals surface area contributed by atoms with Gasteiger partial charge in [-0.15, -0.1) is 0 Å². The second-order valence-corrected chi connectivity index (χ2v) is 6.37. The molecular weight excluding hydrogens is 386 g/mol. The third-order valence-corrected chi connectivity index (χ3v) is 4.06. The number of hydrogen-bond acceptors (Lipinski definition) is 5. The van der Waals surface area contributed by atoms with Crippen LogP contribution in [0.3, 0.4) is 0 Å². The summed E-state index contributed by atoms with van der Waals surface area (Å²) >= 11 is 0. The van der Waals surface area contributed by atoms with Crippen molar-refractivity contribution >= 4 is 11.9 Å². The van der Waals surface area contributed by atoms with Crippen LogP contribution in [0.5, 0.6) is 5.75 Å². The number of carboxylic acid groups (broad SMARTS) is 2. The molecule has 1 atom stereocenters. The number of rotatable bonds is 7. The van der Waals surface area contributed by atoms with E-state index in [4.69, 9.17) is 24.5 Å². The number of ether oxygens (including phenoxy) is 1. The molecule has 0 radical (unpaired) electrons. The molecule has 0 saturated heterocycles. The molecule has 0 aliphatic heterocycles. The summed E-state index contributed by atoms with van der Waals surface area (Å²) in [7, 11) is 0. The van der Waals surface area contributed by atoms with E-state index in [1.165, 1.54) is 0 Å². The first-order valence-electron chi connectivity index (χ1n) is 9.27. The van der Waals surface area contributed by atoms with Crippen molar-refractivity contribution in [2.24, 2.45) is 0 Å². The van der Waals surface area contributed by atoms with Gasteiger partial charge < -0.3 is 20.1 Å². The summed E-state index contributed by atoms with van der Waals surface area (Å²) in [5.41, 5.74) is 3.39. The van der Waals surface area contributed by atoms with Gasteiger partial charge in [0.2, 0.25) is 0 Å². The number of nitrogens with zero attached hydrogens (tertiary/aromatic N) is 1. The average Bonchev–Trinajstić information content (AvgIpc) is 2.78. The van der Waals surface area contributed by atoms with E-state index < -0.39 is 18.0 Å². The highest BCUT2D eigenvalue weighted by Gasteiger charge is 2.07. The fraction of sp³-hybridized carbons (Fsp3) is 0.174. The first-order chi connectivity index (χ1) is 14.5. The zero-order chi connectivity index (χ0) is 21.8. The van der Waals surface area contributed by atoms with Crippen LogP contribution in [0.4, 0.5) is 0 Å². The van der Waals surface area contributed by atoms with Gasteiger partial charge in [-0.25, -0.2) is 9.59 Å². The van der Waals surface area contributed by atoms with Crippen LogP contribution in [-0.4, -0.2) is 45.0 Å². The Morgan fingerprint density at radius 1 is 0.900 bits per heavy atom. The van der Waals surface area contributed by atoms with Crippen molar-refractivity contribution in [2.75, 3.05) is 6.61 Å². The van der Waals surface area contributed by atoms with Crippen molar-refractivity contribution in [3.63, 3.8) is 0 Å². The minimum absolute atomic E-state index is 0.290. The molecule has 0 bridgehead atoms. The van der Waals surface area contributed by atoms with Gasteiger partial charge in [0.1, 0.15) is 12.4 Å². The van der Waals surface area contributed by atoms with E-state index in [2.05, 4.69) is 23.2 Å². The molecule has 0 fully saturated rings. The van der Waals surface area contributed by atoms with Crippen LogP contribution in [0.15, 0.2) is 79.1 Å². The minimum Gasteiger partial charge on any atom is -0.491 e. The van der Waals surface area contributed by atoms with E-state index in [1.54, 1.807) is 6.20 Å². The van der Waals surface area contributed by atoms with Crippen LogP contribution in [-0.2, 0) is 16.0 Å². The second-order valence-electron chi connectivity index (χ2n) is 6.37. The molecule has 0 saturated carbocycles. The number of aliphatic hydroxyl groups is 1. The molecule has 7 nitrogen and oxygen atoms in total. The predicted molar refractivity (Wildman–Crippen MR) is 111 cm³/mol. The summed E-state index contributed by atoms with van der Waals surface area (Å²) < 4.78 is 5.75. The van der Waals surface area contributed by atoms with E-state index in [9.17, 15) is 5.11 Å². The number of pyridine rings is 1. The lowest BCUT2D eigenvalue weighted by atomic mass is 10.1. The number of aryl methyl sites for hydroxylation is 1. The Morgan fingerprint density at radius 3 is 2.23 bits per heavy atom. The summed E-state index contributed by atoms with van der Waals surface area (Å²) in [4.78, 5) is 22.3. The number of aromatic nitrogens is 1. The van der Waals surface area contributed by atoms with Crippen molar-refractivity contribution in [1.82, 2.24) is 4.98 Å². The molecule has 1 heterocycles. The van der Waals surface area contributed by atoms with Crippen LogP contribution in [0, 0.1) is 0 Å². The highest BCUT2D eigenvalue weighted by atomic mass is 16.5. The zero-order valence-corrected chi connectivity index (χ0v) is 16.2. The van der Waals surface area contributed by atoms with Gasteiger partial charge in [-0.05, 0) is 47.7 Å². The highest BCUT2D eigenvalue weighted by Crippen LogP contribution is 2.23. The smallest absolute Gasteiger partial charge is 0.414 e. The quantitative estimate of drug-likeness (QED) is 0.513. The molecule has 0 spiro atoms. The Bertz CT molecular complexity index is 919. The van der Waals surface area contributed by atoms with E-state index in [1.807, 2.05) is 54.7 Å². The van der Waals surface area contributed by atoms with Crippen molar-refractivity contribution in [3.05, 3.63) is 84.7 Å². The van der Waals surface area contributed by atoms with E-state index >= 15 is 0 Å². The molecule has 0 amide bonds. The molecule has 3 rings (SSSR count). The van der Waals surface area contributed by atoms with Gasteiger partial charge in [-0.2, -0.15) is 0 Å². The molecule has 3 aromatic rings. The SMILES string of the molecule is O=C(O)C(=O)O.OC(CCc1cccnc1)COc1cccc(-c2ccccc2)c1. The second kappa shape index (κ2) is 12.0. The number of benzene rings is 2. The zero-order valence-electron chi connectivity index (χ0n) is 16.2. The fourth-order valence-electron chi connectivity index (χ4n) is 2.55. The Balaban J connectivity index is 0.000000469. The van der Waals surface area contributed by atoms with Gasteiger partial charge in [0, 0.05) is 12.4 Å². The Hall–Kier alpha value is -3.71. The molecule has 0 aliphatic rings. The number of carboxylic acids is 2. The lowest BCUT2D eigenvalue weighted by Crippen LogP contribution is -2.18. The van der Waals surface area contributed by atoms with E-state index in [0.717, 1.165) is 28.9 Å². The van der Waals surface area contributed by atoms with Crippen molar-refractivity contribution < 1.29 is 29.6 Å². The molecule has 1 unspecified atom stereocenters. The van der Waals surface area contributed by atoms with Gasteiger partial charge in [-0.3, -0.25) is 4.98 Å². The summed E-state index contributed by atoms with van der Waals surface area (Å²) in [5, 5.41) is 24.9. The molecule has 0 aliphatic carbocycles. The largest absolute Gasteiger partial charge is 0.491 e. The number of aliphatic hydroxyl groups excluding tert-OH is 1. The summed E-state index contributed by atoms with van der Waals surface area (Å²) in [6, 6.07) is 22.1. The van der Waals surface area contributed by atoms with Crippen LogP contribution in [0.2, 0.25) is 0 Å². The molecule has 2 aromatic carbocycles. The lowest BCUT2D eigenvalue weighted by Gasteiger charge is -2.13. The minimum atomic E-state index is -1.82. The van der Waals surface area contributed by atoms with Gasteiger partial charge in [0.15, 0.2) is 0 Å². The lowest BCUT2D eigenvalue weighted by molar-refractivity contribution is -0.159. The Labute approximate surface area is 174 Å². The van der Waals surface area contributed by atoms with Gasteiger partial charge in [0.25, 0.3) is 0 Å². The third-order valence-electron chi connectivity index (χ3n) is 4.06. The number of aliphatic carboxylic acids is 2. The van der Waals surface area contributed by atoms with Gasteiger partial charge >= 0.3 is 11.9 Å². The maximum absolute atomic E-state index is 10.1.